The Labute approximate surface area is 112 Å². The zero-order valence-corrected chi connectivity index (χ0v) is 11.5. The lowest BCUT2D eigenvalue weighted by Gasteiger charge is -2.20. The summed E-state index contributed by atoms with van der Waals surface area (Å²) in [6.07, 6.45) is -0.269. The first-order valence-electron chi connectivity index (χ1n) is 6.11. The van der Waals surface area contributed by atoms with Gasteiger partial charge in [0.2, 0.25) is 5.91 Å². The maximum absolute atomic E-state index is 11.5. The van der Waals surface area contributed by atoms with Crippen LogP contribution in [0.2, 0.25) is 0 Å². The predicted molar refractivity (Wildman–Crippen MR) is 68.8 cm³/mol. The number of hydrogen-bond acceptors (Lipinski definition) is 4. The molecule has 0 saturated carbocycles. The lowest BCUT2D eigenvalue weighted by molar-refractivity contribution is -0.143. The molecule has 7 heteroatoms. The third-order valence-corrected chi connectivity index (χ3v) is 2.29. The van der Waals surface area contributed by atoms with Crippen LogP contribution >= 0.6 is 0 Å². The van der Waals surface area contributed by atoms with E-state index in [0.29, 0.717) is 6.54 Å². The summed E-state index contributed by atoms with van der Waals surface area (Å²) in [6, 6.07) is -1.15. The molecule has 0 radical (unpaired) electrons. The van der Waals surface area contributed by atoms with E-state index in [1.165, 1.54) is 0 Å². The highest BCUT2D eigenvalue weighted by Gasteiger charge is 2.20. The second-order valence-electron chi connectivity index (χ2n) is 5.32. The number of carbonyl (C=O) groups excluding carboxylic acids is 1. The fourth-order valence-corrected chi connectivity index (χ4v) is 1.34. The third-order valence-electron chi connectivity index (χ3n) is 2.29. The van der Waals surface area contributed by atoms with Gasteiger partial charge in [-0.1, -0.05) is 0 Å². The molecule has 0 aromatic heterocycles. The highest BCUT2D eigenvalue weighted by molar-refractivity contribution is 5.84. The van der Waals surface area contributed by atoms with Crippen molar-refractivity contribution in [2.75, 3.05) is 6.54 Å². The lowest BCUT2D eigenvalue weighted by Crippen LogP contribution is -2.43. The number of hydrogen-bond donors (Lipinski definition) is 4. The first-order chi connectivity index (χ1) is 8.61. The van der Waals surface area contributed by atoms with Gasteiger partial charge in [-0.25, -0.2) is 4.79 Å². The summed E-state index contributed by atoms with van der Waals surface area (Å²) in [4.78, 5) is 32.8. The Morgan fingerprint density at radius 3 is 2.11 bits per heavy atom. The summed E-state index contributed by atoms with van der Waals surface area (Å²) in [7, 11) is 0. The van der Waals surface area contributed by atoms with E-state index in [4.69, 9.17) is 10.2 Å². The maximum atomic E-state index is 11.5. The van der Waals surface area contributed by atoms with Gasteiger partial charge in [0.05, 0.1) is 0 Å². The number of carbonyl (C=O) groups is 3. The molecule has 0 heterocycles. The number of rotatable bonds is 8. The van der Waals surface area contributed by atoms with Gasteiger partial charge in [-0.05, 0) is 27.2 Å². The minimum atomic E-state index is -1.22. The Morgan fingerprint density at radius 2 is 1.68 bits per heavy atom. The van der Waals surface area contributed by atoms with Crippen LogP contribution in [0.4, 0.5) is 0 Å². The van der Waals surface area contributed by atoms with Crippen molar-refractivity contribution in [3.8, 4) is 0 Å². The number of nitrogens with one attached hydrogen (secondary N) is 2. The highest BCUT2D eigenvalue weighted by Crippen LogP contribution is 2.00. The summed E-state index contributed by atoms with van der Waals surface area (Å²) >= 11 is 0. The second kappa shape index (κ2) is 7.73. The molecule has 1 unspecified atom stereocenters. The van der Waals surface area contributed by atoms with Crippen LogP contribution in [0, 0.1) is 0 Å². The Bertz CT molecular complexity index is 336. The Hall–Kier alpha value is -1.63. The van der Waals surface area contributed by atoms with Crippen LogP contribution < -0.4 is 10.6 Å². The fraction of sp³-hybridized carbons (Fsp3) is 0.750. The Morgan fingerprint density at radius 1 is 1.11 bits per heavy atom. The summed E-state index contributed by atoms with van der Waals surface area (Å²) < 4.78 is 0. The first kappa shape index (κ1) is 17.4. The molecule has 0 aliphatic carbocycles. The molecule has 0 fully saturated rings. The van der Waals surface area contributed by atoms with E-state index in [2.05, 4.69) is 10.6 Å². The zero-order valence-electron chi connectivity index (χ0n) is 11.5. The van der Waals surface area contributed by atoms with Crippen molar-refractivity contribution in [1.82, 2.24) is 10.6 Å². The van der Waals surface area contributed by atoms with Gasteiger partial charge in [-0.3, -0.25) is 9.59 Å². The van der Waals surface area contributed by atoms with Crippen LogP contribution in [-0.4, -0.2) is 46.2 Å². The molecule has 0 aliphatic heterocycles. The molecule has 110 valence electrons. The van der Waals surface area contributed by atoms with E-state index in [1.807, 2.05) is 20.8 Å². The van der Waals surface area contributed by atoms with E-state index < -0.39 is 23.9 Å². The largest absolute Gasteiger partial charge is 0.481 e. The van der Waals surface area contributed by atoms with Gasteiger partial charge in [-0.2, -0.15) is 0 Å². The average molecular weight is 274 g/mol. The maximum Gasteiger partial charge on any atom is 0.326 e. The molecule has 7 nitrogen and oxygen atoms in total. The van der Waals surface area contributed by atoms with Crippen molar-refractivity contribution in [2.45, 2.75) is 51.6 Å². The normalized spacial score (nSPS) is 12.8. The van der Waals surface area contributed by atoms with Gasteiger partial charge >= 0.3 is 11.9 Å². The van der Waals surface area contributed by atoms with Crippen molar-refractivity contribution >= 4 is 17.8 Å². The minimum Gasteiger partial charge on any atom is -0.481 e. The third kappa shape index (κ3) is 10.0. The molecule has 0 aliphatic rings. The quantitative estimate of drug-likeness (QED) is 0.502. The van der Waals surface area contributed by atoms with Gasteiger partial charge in [0.15, 0.2) is 0 Å². The molecule has 0 rings (SSSR count). The van der Waals surface area contributed by atoms with Crippen molar-refractivity contribution in [3.05, 3.63) is 0 Å². The van der Waals surface area contributed by atoms with Crippen LogP contribution in [0.3, 0.4) is 0 Å². The van der Waals surface area contributed by atoms with Crippen molar-refractivity contribution in [2.24, 2.45) is 0 Å². The van der Waals surface area contributed by atoms with Crippen molar-refractivity contribution in [1.29, 1.82) is 0 Å². The molecular weight excluding hydrogens is 252 g/mol. The van der Waals surface area contributed by atoms with E-state index in [0.717, 1.165) is 0 Å². The van der Waals surface area contributed by atoms with Gasteiger partial charge in [0.25, 0.3) is 0 Å². The van der Waals surface area contributed by atoms with Crippen LogP contribution in [0.1, 0.15) is 40.0 Å². The van der Waals surface area contributed by atoms with E-state index in [1.54, 1.807) is 0 Å². The summed E-state index contributed by atoms with van der Waals surface area (Å²) in [6.45, 7) is 6.30. The lowest BCUT2D eigenvalue weighted by atomic mass is 10.1. The van der Waals surface area contributed by atoms with Crippen molar-refractivity contribution < 1.29 is 24.6 Å². The minimum absolute atomic E-state index is 0.115. The number of carboxylic acids is 2. The van der Waals surface area contributed by atoms with Crippen LogP contribution in [0.5, 0.6) is 0 Å². The van der Waals surface area contributed by atoms with Gasteiger partial charge in [0.1, 0.15) is 6.04 Å². The van der Waals surface area contributed by atoms with E-state index in [9.17, 15) is 14.4 Å². The molecule has 1 amide bonds. The average Bonchev–Trinajstić information content (AvgIpc) is 2.21. The molecular formula is C12H22N2O5. The molecule has 0 saturated heterocycles. The summed E-state index contributed by atoms with van der Waals surface area (Å²) in [5, 5.41) is 22.8. The zero-order chi connectivity index (χ0) is 15.1. The molecule has 19 heavy (non-hydrogen) atoms. The number of amides is 1. The summed E-state index contributed by atoms with van der Waals surface area (Å²) in [5.74, 6) is -2.72. The second-order valence-corrected chi connectivity index (χ2v) is 5.32. The topological polar surface area (TPSA) is 116 Å². The van der Waals surface area contributed by atoms with E-state index >= 15 is 0 Å². The fourth-order valence-electron chi connectivity index (χ4n) is 1.34. The van der Waals surface area contributed by atoms with Crippen molar-refractivity contribution in [3.63, 3.8) is 0 Å². The smallest absolute Gasteiger partial charge is 0.326 e. The van der Waals surface area contributed by atoms with Crippen LogP contribution in [-0.2, 0) is 14.4 Å². The molecule has 0 aromatic carbocycles. The Kier molecular flexibility index (Phi) is 7.06. The predicted octanol–water partition coefficient (Wildman–Crippen LogP) is 0.199. The van der Waals surface area contributed by atoms with Crippen LogP contribution in [0.25, 0.3) is 0 Å². The molecule has 0 aromatic rings. The van der Waals surface area contributed by atoms with Gasteiger partial charge in [0, 0.05) is 24.9 Å². The summed E-state index contributed by atoms with van der Waals surface area (Å²) in [5.41, 5.74) is -0.115. The molecule has 4 N–H and O–H groups in total. The number of aliphatic carboxylic acids is 2. The molecule has 1 atom stereocenters. The molecule has 0 bridgehead atoms. The first-order valence-corrected chi connectivity index (χ1v) is 6.11. The van der Waals surface area contributed by atoms with E-state index in [-0.39, 0.29) is 24.8 Å². The molecule has 0 spiro atoms. The standard InChI is InChI=1S/C12H22N2O5/c1-12(2,3)13-7-6-9(15)14-8(11(18)19)4-5-10(16)17/h8,13H,4-7H2,1-3H3,(H,14,15)(H,16,17)(H,18,19). The monoisotopic (exact) mass is 274 g/mol. The highest BCUT2D eigenvalue weighted by atomic mass is 16.4. The van der Waals surface area contributed by atoms with Crippen LogP contribution in [0.15, 0.2) is 0 Å². The van der Waals surface area contributed by atoms with Gasteiger partial charge in [-0.15, -0.1) is 0 Å². The SMILES string of the molecule is CC(C)(C)NCCC(=O)NC(CCC(=O)O)C(=O)O. The Balaban J connectivity index is 4.10. The number of carboxylic acid groups (broad SMARTS) is 2. The van der Waals surface area contributed by atoms with Gasteiger partial charge < -0.3 is 20.8 Å².